The van der Waals surface area contributed by atoms with Gasteiger partial charge in [-0.05, 0) is 33.3 Å². The quantitative estimate of drug-likeness (QED) is 0.814. The number of carbonyl (C=O) groups is 1. The first-order valence-corrected chi connectivity index (χ1v) is 8.03. The van der Waals surface area contributed by atoms with E-state index in [-0.39, 0.29) is 12.2 Å². The average molecular weight is 333 g/mol. The van der Waals surface area contributed by atoms with E-state index in [9.17, 15) is 17.8 Å². The van der Waals surface area contributed by atoms with Gasteiger partial charge in [-0.15, -0.1) is 0 Å². The van der Waals surface area contributed by atoms with Crippen molar-refractivity contribution >= 4 is 17.0 Å². The first kappa shape index (κ1) is 18.7. The van der Waals surface area contributed by atoms with Crippen LogP contribution in [0, 0.1) is 0 Å². The van der Waals surface area contributed by atoms with Crippen LogP contribution < -0.4 is 4.72 Å². The zero-order chi connectivity index (χ0) is 17.0. The molecule has 1 rings (SSSR count). The predicted molar refractivity (Wildman–Crippen MR) is 81.8 cm³/mol. The van der Waals surface area contributed by atoms with Crippen LogP contribution >= 0.6 is 0 Å². The van der Waals surface area contributed by atoms with Crippen molar-refractivity contribution in [3.8, 4) is 0 Å². The molecule has 0 fully saturated rings. The van der Waals surface area contributed by atoms with Crippen molar-refractivity contribution in [1.82, 2.24) is 4.72 Å². The fourth-order valence-corrected chi connectivity index (χ4v) is 2.48. The summed E-state index contributed by atoms with van der Waals surface area (Å²) in [5.74, 6) is -5.47. The molecule has 1 aromatic rings. The van der Waals surface area contributed by atoms with Gasteiger partial charge >= 0.3 is 11.9 Å². The molecule has 0 aromatic heterocycles. The van der Waals surface area contributed by atoms with E-state index >= 15 is 0 Å². The van der Waals surface area contributed by atoms with Gasteiger partial charge in [-0.2, -0.15) is 8.78 Å². The summed E-state index contributed by atoms with van der Waals surface area (Å²) in [7, 11) is -1.77. The van der Waals surface area contributed by atoms with Crippen LogP contribution in [0.4, 0.5) is 8.78 Å². The monoisotopic (exact) mass is 333 g/mol. The molecule has 124 valence electrons. The fraction of sp³-hybridized carbons (Fsp3) is 0.533. The van der Waals surface area contributed by atoms with Crippen LogP contribution in [0.25, 0.3) is 0 Å². The molecule has 0 radical (unpaired) electrons. The summed E-state index contributed by atoms with van der Waals surface area (Å²) >= 11 is 0. The Morgan fingerprint density at radius 2 is 1.82 bits per heavy atom. The molecule has 0 heterocycles. The lowest BCUT2D eigenvalue weighted by molar-refractivity contribution is -0.175. The summed E-state index contributed by atoms with van der Waals surface area (Å²) in [5, 5.41) is 0. The van der Waals surface area contributed by atoms with E-state index in [2.05, 4.69) is 9.46 Å². The predicted octanol–water partition coefficient (Wildman–Crippen LogP) is 2.98. The highest BCUT2D eigenvalue weighted by atomic mass is 32.2. The number of nitrogens with one attached hydrogen (secondary N) is 1. The Bertz CT molecular complexity index is 529. The molecule has 0 saturated heterocycles. The number of esters is 1. The van der Waals surface area contributed by atoms with Gasteiger partial charge in [0.25, 0.3) is 0 Å². The molecule has 2 atom stereocenters. The maximum absolute atomic E-state index is 14.4. The van der Waals surface area contributed by atoms with Crippen molar-refractivity contribution in [2.24, 2.45) is 0 Å². The molecular weight excluding hydrogens is 312 g/mol. The third-order valence-corrected chi connectivity index (χ3v) is 4.39. The molecule has 0 amide bonds. The van der Waals surface area contributed by atoms with Crippen molar-refractivity contribution in [3.63, 3.8) is 0 Å². The Hall–Kier alpha value is -1.34. The largest absolute Gasteiger partial charge is 0.462 e. The highest BCUT2D eigenvalue weighted by Gasteiger charge is 2.50. The molecule has 0 aliphatic carbocycles. The number of rotatable bonds is 6. The standard InChI is InChI=1S/C15H21F2NO3S/c1-5-21-13(19)15(16,17)12(11-9-7-6-8-10-11)18-22(20)14(2,3)4/h6-10,12,18H,5H2,1-4H3/t12-,22-/m0/s1. The summed E-state index contributed by atoms with van der Waals surface area (Å²) in [5.41, 5.74) is 0.165. The van der Waals surface area contributed by atoms with Gasteiger partial charge in [0.2, 0.25) is 0 Å². The summed E-state index contributed by atoms with van der Waals surface area (Å²) in [6.07, 6.45) is 0. The number of hydrogen-bond donors (Lipinski definition) is 1. The third-order valence-electron chi connectivity index (χ3n) is 2.82. The lowest BCUT2D eigenvalue weighted by Gasteiger charge is -2.29. The van der Waals surface area contributed by atoms with Gasteiger partial charge in [0, 0.05) is 0 Å². The number of carbonyl (C=O) groups excluding carboxylic acids is 1. The summed E-state index contributed by atoms with van der Waals surface area (Å²) in [4.78, 5) is 11.6. The molecule has 22 heavy (non-hydrogen) atoms. The van der Waals surface area contributed by atoms with E-state index in [0.717, 1.165) is 0 Å². The Morgan fingerprint density at radius 1 is 1.27 bits per heavy atom. The summed E-state index contributed by atoms with van der Waals surface area (Å²) in [6, 6.07) is 5.99. The summed E-state index contributed by atoms with van der Waals surface area (Å²) < 4.78 is 47.1. The fourth-order valence-electron chi connectivity index (χ4n) is 1.63. The third kappa shape index (κ3) is 4.58. The Labute approximate surface area is 131 Å². The van der Waals surface area contributed by atoms with Crippen LogP contribution in [0.3, 0.4) is 0 Å². The second kappa shape index (κ2) is 7.28. The normalized spacial score (nSPS) is 15.2. The van der Waals surface area contributed by atoms with Gasteiger partial charge in [-0.25, -0.2) is 13.7 Å². The first-order chi connectivity index (χ1) is 10.1. The molecule has 1 N–H and O–H groups in total. The molecule has 0 spiro atoms. The van der Waals surface area contributed by atoms with Crippen LogP contribution in [0.15, 0.2) is 30.3 Å². The minimum Gasteiger partial charge on any atom is -0.462 e. The van der Waals surface area contributed by atoms with Crippen molar-refractivity contribution in [2.75, 3.05) is 6.61 Å². The second-order valence-corrected chi connectivity index (χ2v) is 7.68. The highest BCUT2D eigenvalue weighted by molar-refractivity contribution is 7.84. The minimum absolute atomic E-state index is 0.154. The maximum Gasteiger partial charge on any atom is 0.379 e. The van der Waals surface area contributed by atoms with Crippen molar-refractivity contribution in [2.45, 2.75) is 44.4 Å². The van der Waals surface area contributed by atoms with E-state index in [1.807, 2.05) is 0 Å². The summed E-state index contributed by atoms with van der Waals surface area (Å²) in [6.45, 7) is 6.26. The highest BCUT2D eigenvalue weighted by Crippen LogP contribution is 2.34. The molecule has 0 unspecified atom stereocenters. The van der Waals surface area contributed by atoms with Crippen molar-refractivity contribution in [1.29, 1.82) is 0 Å². The zero-order valence-corrected chi connectivity index (χ0v) is 13.9. The van der Waals surface area contributed by atoms with Crippen LogP contribution in [0.5, 0.6) is 0 Å². The van der Waals surface area contributed by atoms with E-state index in [4.69, 9.17) is 0 Å². The zero-order valence-electron chi connectivity index (χ0n) is 13.1. The molecule has 0 aliphatic rings. The SMILES string of the molecule is CCOC(=O)C(F)(F)[C@@H](N[S@@](=O)C(C)(C)C)c1ccccc1. The van der Waals surface area contributed by atoms with Crippen LogP contribution in [-0.2, 0) is 20.5 Å². The number of ether oxygens (including phenoxy) is 1. The Balaban J connectivity index is 3.18. The molecule has 0 aliphatic heterocycles. The number of benzene rings is 1. The Morgan fingerprint density at radius 3 is 2.27 bits per heavy atom. The lowest BCUT2D eigenvalue weighted by atomic mass is 10.0. The van der Waals surface area contributed by atoms with Gasteiger partial charge in [0.05, 0.1) is 22.3 Å². The molecular formula is C15H21F2NO3S. The first-order valence-electron chi connectivity index (χ1n) is 6.88. The second-order valence-electron chi connectivity index (χ2n) is 5.69. The maximum atomic E-state index is 14.4. The number of hydrogen-bond acceptors (Lipinski definition) is 3. The molecule has 1 aromatic carbocycles. The van der Waals surface area contributed by atoms with Crippen LogP contribution in [0.2, 0.25) is 0 Å². The van der Waals surface area contributed by atoms with E-state index in [0.29, 0.717) is 0 Å². The van der Waals surface area contributed by atoms with E-state index < -0.39 is 33.7 Å². The molecule has 0 bridgehead atoms. The molecule has 0 saturated carbocycles. The van der Waals surface area contributed by atoms with Crippen LogP contribution in [-0.4, -0.2) is 27.5 Å². The minimum atomic E-state index is -3.84. The smallest absolute Gasteiger partial charge is 0.379 e. The van der Waals surface area contributed by atoms with Gasteiger partial charge in [0.15, 0.2) is 0 Å². The van der Waals surface area contributed by atoms with Crippen LogP contribution in [0.1, 0.15) is 39.3 Å². The van der Waals surface area contributed by atoms with Gasteiger partial charge in [-0.1, -0.05) is 30.3 Å². The topological polar surface area (TPSA) is 55.4 Å². The number of alkyl halides is 2. The molecule has 7 heteroatoms. The van der Waals surface area contributed by atoms with E-state index in [1.54, 1.807) is 39.0 Å². The lowest BCUT2D eigenvalue weighted by Crippen LogP contribution is -2.47. The van der Waals surface area contributed by atoms with E-state index in [1.165, 1.54) is 19.1 Å². The van der Waals surface area contributed by atoms with Gasteiger partial charge in [-0.3, -0.25) is 0 Å². The average Bonchev–Trinajstić information content (AvgIpc) is 2.44. The van der Waals surface area contributed by atoms with Gasteiger partial charge < -0.3 is 4.74 Å². The molecule has 4 nitrogen and oxygen atoms in total. The van der Waals surface area contributed by atoms with Crippen molar-refractivity contribution < 1.29 is 22.5 Å². The number of halogens is 2. The Kier molecular flexibility index (Phi) is 6.19. The van der Waals surface area contributed by atoms with Gasteiger partial charge in [0.1, 0.15) is 6.04 Å². The van der Waals surface area contributed by atoms with Crippen molar-refractivity contribution in [3.05, 3.63) is 35.9 Å².